The van der Waals surface area contributed by atoms with Gasteiger partial charge in [-0.05, 0) is 37.6 Å². The summed E-state index contributed by atoms with van der Waals surface area (Å²) in [5, 5.41) is 0. The second-order valence-corrected chi connectivity index (χ2v) is 9.35. The van der Waals surface area contributed by atoms with Gasteiger partial charge in [0.1, 0.15) is 5.82 Å². The van der Waals surface area contributed by atoms with Gasteiger partial charge >= 0.3 is 5.97 Å². The minimum atomic E-state index is -3.08. The van der Waals surface area contributed by atoms with E-state index in [4.69, 9.17) is 4.74 Å². The Morgan fingerprint density at radius 1 is 1.31 bits per heavy atom. The van der Waals surface area contributed by atoms with Crippen molar-refractivity contribution in [3.8, 4) is 0 Å². The van der Waals surface area contributed by atoms with Gasteiger partial charge in [-0.3, -0.25) is 9.59 Å². The molecule has 0 spiro atoms. The maximum atomic E-state index is 12.8. The highest BCUT2D eigenvalue weighted by Crippen LogP contribution is 2.19. The van der Waals surface area contributed by atoms with Crippen molar-refractivity contribution in [1.82, 2.24) is 4.90 Å². The number of sulfone groups is 1. The predicted octanol–water partition coefficient (Wildman–Crippen LogP) is 1.89. The number of carbonyl (C=O) groups is 2. The summed E-state index contributed by atoms with van der Waals surface area (Å²) in [5.74, 6) is -0.687. The molecule has 1 unspecified atom stereocenters. The van der Waals surface area contributed by atoms with Crippen molar-refractivity contribution < 1.29 is 27.1 Å². The standard InChI is InChI=1S/C17H22FNO5S2/c1-2-19(14-8-10-26(22,23)12-14)16(20)11-24-17(21)7-9-25-15-5-3-13(18)4-6-15/h3-6,14H,2,7-12H2,1H3. The molecule has 1 saturated heterocycles. The number of likely N-dealkylation sites (N-methyl/N-ethyl adjacent to an activating group) is 1. The highest BCUT2D eigenvalue weighted by atomic mass is 32.2. The Kier molecular flexibility index (Phi) is 7.45. The monoisotopic (exact) mass is 403 g/mol. The Bertz CT molecular complexity index is 736. The van der Waals surface area contributed by atoms with Crippen LogP contribution < -0.4 is 0 Å². The molecule has 1 aliphatic rings. The van der Waals surface area contributed by atoms with Crippen molar-refractivity contribution in [2.75, 3.05) is 30.4 Å². The molecular weight excluding hydrogens is 381 g/mol. The number of amides is 1. The summed E-state index contributed by atoms with van der Waals surface area (Å²) in [7, 11) is -3.08. The average molecular weight is 403 g/mol. The van der Waals surface area contributed by atoms with E-state index in [1.54, 1.807) is 19.1 Å². The lowest BCUT2D eigenvalue weighted by Gasteiger charge is -2.26. The Labute approximate surface area is 157 Å². The van der Waals surface area contributed by atoms with Crippen LogP contribution in [0.5, 0.6) is 0 Å². The highest BCUT2D eigenvalue weighted by Gasteiger charge is 2.34. The molecule has 1 amide bonds. The molecule has 2 rings (SSSR count). The van der Waals surface area contributed by atoms with Crippen molar-refractivity contribution in [1.29, 1.82) is 0 Å². The highest BCUT2D eigenvalue weighted by molar-refractivity contribution is 7.99. The van der Waals surface area contributed by atoms with Crippen LogP contribution in [0.4, 0.5) is 4.39 Å². The first-order valence-electron chi connectivity index (χ1n) is 8.34. The minimum absolute atomic E-state index is 0.0329. The fourth-order valence-electron chi connectivity index (χ4n) is 2.74. The van der Waals surface area contributed by atoms with E-state index < -0.39 is 15.8 Å². The molecule has 1 heterocycles. The van der Waals surface area contributed by atoms with Crippen LogP contribution in [-0.4, -0.2) is 61.6 Å². The van der Waals surface area contributed by atoms with Crippen molar-refractivity contribution in [3.63, 3.8) is 0 Å². The van der Waals surface area contributed by atoms with Crippen LogP contribution in [0.25, 0.3) is 0 Å². The van der Waals surface area contributed by atoms with E-state index in [1.807, 2.05) is 0 Å². The number of ether oxygens (including phenoxy) is 1. The molecule has 1 aliphatic heterocycles. The SMILES string of the molecule is CCN(C(=O)COC(=O)CCSc1ccc(F)cc1)C1CCS(=O)(=O)C1. The number of hydrogen-bond donors (Lipinski definition) is 0. The van der Waals surface area contributed by atoms with E-state index >= 15 is 0 Å². The van der Waals surface area contributed by atoms with Gasteiger partial charge in [-0.15, -0.1) is 11.8 Å². The van der Waals surface area contributed by atoms with Gasteiger partial charge in [0.2, 0.25) is 0 Å². The number of benzene rings is 1. The summed E-state index contributed by atoms with van der Waals surface area (Å²) in [4.78, 5) is 26.3. The largest absolute Gasteiger partial charge is 0.456 e. The minimum Gasteiger partial charge on any atom is -0.456 e. The number of halogens is 1. The number of carbonyl (C=O) groups excluding carboxylic acids is 2. The number of thioether (sulfide) groups is 1. The predicted molar refractivity (Wildman–Crippen MR) is 97.1 cm³/mol. The summed E-state index contributed by atoms with van der Waals surface area (Å²) >= 11 is 1.39. The first kappa shape index (κ1) is 20.7. The summed E-state index contributed by atoms with van der Waals surface area (Å²) < 4.78 is 40.9. The van der Waals surface area contributed by atoms with Gasteiger partial charge in [0.05, 0.1) is 17.9 Å². The zero-order valence-electron chi connectivity index (χ0n) is 14.5. The molecule has 0 aliphatic carbocycles. The molecule has 144 valence electrons. The van der Waals surface area contributed by atoms with Gasteiger partial charge in [0.15, 0.2) is 16.4 Å². The topological polar surface area (TPSA) is 80.8 Å². The van der Waals surface area contributed by atoms with Crippen LogP contribution in [0.1, 0.15) is 19.8 Å². The summed E-state index contributed by atoms with van der Waals surface area (Å²) in [6.45, 7) is 1.76. The molecule has 0 saturated carbocycles. The van der Waals surface area contributed by atoms with Gasteiger partial charge in [0, 0.05) is 23.2 Å². The molecular formula is C17H22FNO5S2. The molecule has 26 heavy (non-hydrogen) atoms. The third kappa shape index (κ3) is 6.28. The van der Waals surface area contributed by atoms with Gasteiger partial charge in [-0.1, -0.05) is 0 Å². The molecule has 1 fully saturated rings. The van der Waals surface area contributed by atoms with E-state index in [-0.39, 0.29) is 42.3 Å². The first-order valence-corrected chi connectivity index (χ1v) is 11.2. The third-order valence-corrected chi connectivity index (χ3v) is 6.82. The van der Waals surface area contributed by atoms with E-state index in [0.717, 1.165) is 4.90 Å². The van der Waals surface area contributed by atoms with E-state index in [2.05, 4.69) is 0 Å². The number of hydrogen-bond acceptors (Lipinski definition) is 6. The third-order valence-electron chi connectivity index (χ3n) is 4.06. The molecule has 0 N–H and O–H groups in total. The summed E-state index contributed by atoms with van der Waals surface area (Å²) in [6.07, 6.45) is 0.545. The average Bonchev–Trinajstić information content (AvgIpc) is 2.95. The number of esters is 1. The van der Waals surface area contributed by atoms with E-state index in [9.17, 15) is 22.4 Å². The van der Waals surface area contributed by atoms with E-state index in [1.165, 1.54) is 28.8 Å². The Hall–Kier alpha value is -1.61. The second-order valence-electron chi connectivity index (χ2n) is 5.95. The van der Waals surface area contributed by atoms with Crippen LogP contribution in [0.2, 0.25) is 0 Å². The molecule has 6 nitrogen and oxygen atoms in total. The van der Waals surface area contributed by atoms with Crippen molar-refractivity contribution in [3.05, 3.63) is 30.1 Å². The zero-order valence-corrected chi connectivity index (χ0v) is 16.2. The molecule has 1 aromatic carbocycles. The van der Waals surface area contributed by atoms with Crippen LogP contribution in [0.15, 0.2) is 29.2 Å². The van der Waals surface area contributed by atoms with Crippen LogP contribution in [-0.2, 0) is 24.2 Å². The quantitative estimate of drug-likeness (QED) is 0.487. The Balaban J connectivity index is 1.71. The van der Waals surface area contributed by atoms with Gasteiger partial charge in [-0.2, -0.15) is 0 Å². The lowest BCUT2D eigenvalue weighted by molar-refractivity contribution is -0.152. The molecule has 1 atom stereocenters. The van der Waals surface area contributed by atoms with E-state index in [0.29, 0.717) is 18.7 Å². The molecule has 0 radical (unpaired) electrons. The fourth-order valence-corrected chi connectivity index (χ4v) is 5.30. The second kappa shape index (κ2) is 9.36. The Morgan fingerprint density at radius 2 is 2.00 bits per heavy atom. The van der Waals surface area contributed by atoms with Crippen molar-refractivity contribution in [2.24, 2.45) is 0 Å². The lowest BCUT2D eigenvalue weighted by Crippen LogP contribution is -2.43. The molecule has 0 bridgehead atoms. The van der Waals surface area contributed by atoms with Gasteiger partial charge in [-0.25, -0.2) is 12.8 Å². The maximum absolute atomic E-state index is 12.8. The molecule has 0 aromatic heterocycles. The summed E-state index contributed by atoms with van der Waals surface area (Å²) in [5.41, 5.74) is 0. The van der Waals surface area contributed by atoms with Crippen LogP contribution in [0, 0.1) is 5.82 Å². The van der Waals surface area contributed by atoms with Gasteiger partial charge < -0.3 is 9.64 Å². The normalized spacial score (nSPS) is 18.5. The van der Waals surface area contributed by atoms with Crippen LogP contribution >= 0.6 is 11.8 Å². The van der Waals surface area contributed by atoms with Crippen molar-refractivity contribution >= 4 is 33.5 Å². The zero-order chi connectivity index (χ0) is 19.2. The maximum Gasteiger partial charge on any atom is 0.307 e. The first-order chi connectivity index (χ1) is 12.3. The lowest BCUT2D eigenvalue weighted by atomic mass is 10.2. The number of nitrogens with zero attached hydrogens (tertiary/aromatic N) is 1. The van der Waals surface area contributed by atoms with Crippen molar-refractivity contribution in [2.45, 2.75) is 30.7 Å². The summed E-state index contributed by atoms with van der Waals surface area (Å²) in [6, 6.07) is 5.61. The Morgan fingerprint density at radius 3 is 2.58 bits per heavy atom. The van der Waals surface area contributed by atoms with Gasteiger partial charge in [0.25, 0.3) is 5.91 Å². The number of rotatable bonds is 8. The smallest absolute Gasteiger partial charge is 0.307 e. The molecule has 1 aromatic rings. The van der Waals surface area contributed by atoms with Crippen LogP contribution in [0.3, 0.4) is 0 Å². The fraction of sp³-hybridized carbons (Fsp3) is 0.529. The molecule has 9 heteroatoms.